The lowest BCUT2D eigenvalue weighted by molar-refractivity contribution is 0.619. The number of nitrogens with zero attached hydrogens (tertiary/aromatic N) is 4. The van der Waals surface area contributed by atoms with Crippen LogP contribution in [0.3, 0.4) is 0 Å². The van der Waals surface area contributed by atoms with Gasteiger partial charge in [0.05, 0.1) is 17.7 Å². The second kappa shape index (κ2) is 6.26. The second-order valence-electron chi connectivity index (χ2n) is 4.62. The summed E-state index contributed by atoms with van der Waals surface area (Å²) in [5, 5.41) is 7.75. The fourth-order valence-corrected chi connectivity index (χ4v) is 2.11. The van der Waals surface area contributed by atoms with Crippen molar-refractivity contribution < 1.29 is 0 Å². The van der Waals surface area contributed by atoms with Gasteiger partial charge in [-0.2, -0.15) is 5.10 Å². The Morgan fingerprint density at radius 3 is 2.84 bits per heavy atom. The van der Waals surface area contributed by atoms with Crippen LogP contribution in [0, 0.1) is 0 Å². The molecule has 0 aromatic carbocycles. The molecule has 2 heterocycles. The van der Waals surface area contributed by atoms with Gasteiger partial charge in [-0.1, -0.05) is 6.92 Å². The van der Waals surface area contributed by atoms with Crippen molar-refractivity contribution in [2.24, 2.45) is 7.05 Å². The van der Waals surface area contributed by atoms with E-state index in [4.69, 9.17) is 5.73 Å². The van der Waals surface area contributed by atoms with Gasteiger partial charge in [0.15, 0.2) is 0 Å². The summed E-state index contributed by atoms with van der Waals surface area (Å²) in [6.07, 6.45) is 8.70. The SMILES string of the molecule is CCc1nn(C)c(NCCCCn2ccnc2)c1N. The van der Waals surface area contributed by atoms with Gasteiger partial charge in [-0.3, -0.25) is 4.68 Å². The molecule has 2 aromatic heterocycles. The molecule has 0 spiro atoms. The van der Waals surface area contributed by atoms with Crippen molar-refractivity contribution in [3.8, 4) is 0 Å². The van der Waals surface area contributed by atoms with Crippen LogP contribution < -0.4 is 11.1 Å². The zero-order chi connectivity index (χ0) is 13.7. The normalized spacial score (nSPS) is 10.8. The van der Waals surface area contributed by atoms with Gasteiger partial charge < -0.3 is 15.6 Å². The number of aryl methyl sites for hydroxylation is 3. The molecule has 0 unspecified atom stereocenters. The van der Waals surface area contributed by atoms with E-state index < -0.39 is 0 Å². The van der Waals surface area contributed by atoms with Crippen LogP contribution in [0.2, 0.25) is 0 Å². The zero-order valence-corrected chi connectivity index (χ0v) is 11.6. The fraction of sp³-hybridized carbons (Fsp3) is 0.538. The van der Waals surface area contributed by atoms with Gasteiger partial charge in [0.2, 0.25) is 0 Å². The first-order valence-corrected chi connectivity index (χ1v) is 6.73. The summed E-state index contributed by atoms with van der Waals surface area (Å²) in [6.45, 7) is 3.97. The number of hydrogen-bond acceptors (Lipinski definition) is 4. The Kier molecular flexibility index (Phi) is 4.43. The summed E-state index contributed by atoms with van der Waals surface area (Å²) in [5.41, 5.74) is 7.79. The second-order valence-corrected chi connectivity index (χ2v) is 4.62. The van der Waals surface area contributed by atoms with Gasteiger partial charge in [0, 0.05) is 32.5 Å². The van der Waals surface area contributed by atoms with Crippen LogP contribution in [0.1, 0.15) is 25.5 Å². The first kappa shape index (κ1) is 13.5. The topological polar surface area (TPSA) is 73.7 Å². The fourth-order valence-electron chi connectivity index (χ4n) is 2.11. The standard InChI is InChI=1S/C13H22N6/c1-3-11-12(14)13(18(2)17-11)16-6-4-5-8-19-9-7-15-10-19/h7,9-10,16H,3-6,8,14H2,1-2H3. The number of nitrogens with one attached hydrogen (secondary N) is 1. The summed E-state index contributed by atoms with van der Waals surface area (Å²) in [5.74, 6) is 0.930. The molecule has 0 fully saturated rings. The summed E-state index contributed by atoms with van der Waals surface area (Å²) >= 11 is 0. The average molecular weight is 262 g/mol. The first-order valence-electron chi connectivity index (χ1n) is 6.73. The molecular weight excluding hydrogens is 240 g/mol. The van der Waals surface area contributed by atoms with Gasteiger partial charge in [0.25, 0.3) is 0 Å². The van der Waals surface area contributed by atoms with Crippen molar-refractivity contribution in [2.45, 2.75) is 32.7 Å². The monoisotopic (exact) mass is 262 g/mol. The minimum absolute atomic E-state index is 0.777. The highest BCUT2D eigenvalue weighted by Gasteiger charge is 2.10. The molecule has 0 atom stereocenters. The number of aromatic nitrogens is 4. The predicted molar refractivity (Wildman–Crippen MR) is 76.9 cm³/mol. The molecule has 0 amide bonds. The van der Waals surface area contributed by atoms with E-state index in [0.29, 0.717) is 0 Å². The van der Waals surface area contributed by atoms with E-state index in [0.717, 1.165) is 49.6 Å². The van der Waals surface area contributed by atoms with Gasteiger partial charge >= 0.3 is 0 Å². The van der Waals surface area contributed by atoms with E-state index in [1.54, 1.807) is 6.20 Å². The molecule has 0 bridgehead atoms. The van der Waals surface area contributed by atoms with Gasteiger partial charge in [-0.25, -0.2) is 4.98 Å². The lowest BCUT2D eigenvalue weighted by Gasteiger charge is -2.08. The molecule has 6 nitrogen and oxygen atoms in total. The van der Waals surface area contributed by atoms with Gasteiger partial charge in [-0.15, -0.1) is 0 Å². The first-order chi connectivity index (χ1) is 9.22. The molecule has 0 saturated carbocycles. The van der Waals surface area contributed by atoms with E-state index in [-0.39, 0.29) is 0 Å². The van der Waals surface area contributed by atoms with E-state index in [2.05, 4.69) is 26.9 Å². The highest BCUT2D eigenvalue weighted by atomic mass is 15.3. The Balaban J connectivity index is 1.75. The Labute approximate surface area is 113 Å². The Bertz CT molecular complexity index is 499. The van der Waals surface area contributed by atoms with Crippen molar-refractivity contribution in [3.05, 3.63) is 24.4 Å². The molecule has 0 aliphatic heterocycles. The minimum atomic E-state index is 0.777. The smallest absolute Gasteiger partial charge is 0.147 e. The molecule has 6 heteroatoms. The summed E-state index contributed by atoms with van der Waals surface area (Å²) in [4.78, 5) is 4.02. The summed E-state index contributed by atoms with van der Waals surface area (Å²) in [6, 6.07) is 0. The maximum Gasteiger partial charge on any atom is 0.147 e. The minimum Gasteiger partial charge on any atom is -0.394 e. The van der Waals surface area contributed by atoms with E-state index in [9.17, 15) is 0 Å². The molecular formula is C13H22N6. The highest BCUT2D eigenvalue weighted by molar-refractivity contribution is 5.64. The van der Waals surface area contributed by atoms with Crippen molar-refractivity contribution in [2.75, 3.05) is 17.6 Å². The van der Waals surface area contributed by atoms with Crippen LogP contribution in [0.15, 0.2) is 18.7 Å². The molecule has 19 heavy (non-hydrogen) atoms. The number of hydrogen-bond donors (Lipinski definition) is 2. The van der Waals surface area contributed by atoms with Gasteiger partial charge in [0.1, 0.15) is 5.82 Å². The Hall–Kier alpha value is -1.98. The third-order valence-electron chi connectivity index (χ3n) is 3.19. The number of imidazole rings is 1. The molecule has 2 rings (SSSR count). The Morgan fingerprint density at radius 2 is 2.21 bits per heavy atom. The number of unbranched alkanes of at least 4 members (excludes halogenated alkanes) is 1. The van der Waals surface area contributed by atoms with Gasteiger partial charge in [-0.05, 0) is 19.3 Å². The Morgan fingerprint density at radius 1 is 1.37 bits per heavy atom. The highest BCUT2D eigenvalue weighted by Crippen LogP contribution is 2.22. The van der Waals surface area contributed by atoms with E-state index in [1.807, 2.05) is 24.3 Å². The molecule has 2 aromatic rings. The third-order valence-corrected chi connectivity index (χ3v) is 3.19. The quantitative estimate of drug-likeness (QED) is 0.744. The van der Waals surface area contributed by atoms with Crippen LogP contribution in [0.25, 0.3) is 0 Å². The van der Waals surface area contributed by atoms with Crippen LogP contribution >= 0.6 is 0 Å². The summed E-state index contributed by atoms with van der Waals surface area (Å²) in [7, 11) is 1.92. The maximum atomic E-state index is 6.05. The number of nitrogen functional groups attached to an aromatic ring is 1. The lowest BCUT2D eigenvalue weighted by atomic mass is 10.3. The van der Waals surface area contributed by atoms with Crippen molar-refractivity contribution in [1.29, 1.82) is 0 Å². The maximum absolute atomic E-state index is 6.05. The van der Waals surface area contributed by atoms with Crippen LogP contribution in [0.4, 0.5) is 11.5 Å². The molecule has 3 N–H and O–H groups in total. The molecule has 0 radical (unpaired) electrons. The molecule has 104 valence electrons. The lowest BCUT2D eigenvalue weighted by Crippen LogP contribution is -2.08. The van der Waals surface area contributed by atoms with E-state index in [1.165, 1.54) is 0 Å². The predicted octanol–water partition coefficient (Wildman–Crippen LogP) is 1.65. The van der Waals surface area contributed by atoms with Crippen LogP contribution in [0.5, 0.6) is 0 Å². The van der Waals surface area contributed by atoms with E-state index >= 15 is 0 Å². The number of anilines is 2. The van der Waals surface area contributed by atoms with Crippen molar-refractivity contribution >= 4 is 11.5 Å². The molecule has 0 saturated heterocycles. The third kappa shape index (κ3) is 3.27. The number of rotatable bonds is 7. The average Bonchev–Trinajstić information content (AvgIpc) is 3.00. The number of nitrogens with two attached hydrogens (primary N) is 1. The molecule has 0 aliphatic carbocycles. The zero-order valence-electron chi connectivity index (χ0n) is 11.6. The molecule has 0 aliphatic rings. The largest absolute Gasteiger partial charge is 0.394 e. The van der Waals surface area contributed by atoms with Crippen LogP contribution in [-0.4, -0.2) is 25.9 Å². The van der Waals surface area contributed by atoms with Crippen molar-refractivity contribution in [3.63, 3.8) is 0 Å². The summed E-state index contributed by atoms with van der Waals surface area (Å²) < 4.78 is 3.91. The van der Waals surface area contributed by atoms with Crippen molar-refractivity contribution in [1.82, 2.24) is 19.3 Å². The van der Waals surface area contributed by atoms with Crippen LogP contribution in [-0.2, 0) is 20.0 Å².